The molecule has 0 aliphatic heterocycles. The van der Waals surface area contributed by atoms with Crippen LogP contribution in [0.4, 0.5) is 0 Å². The van der Waals surface area contributed by atoms with Crippen LogP contribution in [0.2, 0.25) is 0 Å². The summed E-state index contributed by atoms with van der Waals surface area (Å²) in [5.41, 5.74) is 5.38. The van der Waals surface area contributed by atoms with Crippen LogP contribution in [-0.2, 0) is 21.6 Å². The number of ether oxygens (including phenoxy) is 2. The molecular weight excluding hydrogens is 468 g/mol. The van der Waals surface area contributed by atoms with Gasteiger partial charge in [0.15, 0.2) is 5.60 Å². The Labute approximate surface area is 223 Å². The van der Waals surface area contributed by atoms with Gasteiger partial charge in [-0.15, -0.1) is 0 Å². The Morgan fingerprint density at radius 1 is 0.711 bits per heavy atom. The van der Waals surface area contributed by atoms with Gasteiger partial charge in [0.25, 0.3) is 0 Å². The van der Waals surface area contributed by atoms with Crippen LogP contribution in [0.5, 0.6) is 5.75 Å². The van der Waals surface area contributed by atoms with E-state index >= 15 is 0 Å². The van der Waals surface area contributed by atoms with Gasteiger partial charge in [-0.2, -0.15) is 0 Å². The first-order chi connectivity index (χ1) is 18.7. The lowest BCUT2D eigenvalue weighted by Gasteiger charge is -2.31. The first-order valence-corrected chi connectivity index (χ1v) is 12.9. The van der Waals surface area contributed by atoms with Gasteiger partial charge in [-0.1, -0.05) is 121 Å². The van der Waals surface area contributed by atoms with E-state index < -0.39 is 5.60 Å². The molecule has 38 heavy (non-hydrogen) atoms. The third-order valence-electron chi connectivity index (χ3n) is 7.33. The van der Waals surface area contributed by atoms with E-state index in [-0.39, 0.29) is 12.4 Å². The van der Waals surface area contributed by atoms with Crippen LogP contribution in [0.3, 0.4) is 0 Å². The average molecular weight is 497 g/mol. The molecule has 3 nitrogen and oxygen atoms in total. The molecule has 186 valence electrons. The van der Waals surface area contributed by atoms with Crippen LogP contribution in [0.1, 0.15) is 28.7 Å². The van der Waals surface area contributed by atoms with Gasteiger partial charge in [-0.05, 0) is 33.7 Å². The summed E-state index contributed by atoms with van der Waals surface area (Å²) in [6, 6.07) is 38.6. The van der Waals surface area contributed by atoms with Crippen molar-refractivity contribution in [1.29, 1.82) is 0 Å². The van der Waals surface area contributed by atoms with E-state index in [0.717, 1.165) is 49.9 Å². The second-order valence-corrected chi connectivity index (χ2v) is 9.56. The lowest BCUT2D eigenvalue weighted by molar-refractivity contribution is -0.155. The van der Waals surface area contributed by atoms with E-state index in [1.54, 1.807) is 7.11 Å². The number of fused-ring (bicyclic) bond motifs is 4. The Morgan fingerprint density at radius 2 is 1.32 bits per heavy atom. The number of carbonyl (C=O) groups excluding carboxylic acids is 1. The van der Waals surface area contributed by atoms with Gasteiger partial charge in [0.2, 0.25) is 0 Å². The van der Waals surface area contributed by atoms with Crippen LogP contribution >= 0.6 is 0 Å². The molecule has 1 aliphatic rings. The van der Waals surface area contributed by atoms with Gasteiger partial charge in [-0.25, -0.2) is 0 Å². The Hall–Kier alpha value is -4.63. The van der Waals surface area contributed by atoms with Crippen LogP contribution in [0.15, 0.2) is 121 Å². The summed E-state index contributed by atoms with van der Waals surface area (Å²) in [5.74, 6) is 0.605. The lowest BCUT2D eigenvalue weighted by atomic mass is 9.87. The summed E-state index contributed by atoms with van der Waals surface area (Å²) in [7, 11) is 1.69. The lowest BCUT2D eigenvalue weighted by Crippen LogP contribution is -2.32. The van der Waals surface area contributed by atoms with Crippen molar-refractivity contribution in [3.8, 4) is 16.9 Å². The second kappa shape index (κ2) is 10.0. The number of hydrogen-bond acceptors (Lipinski definition) is 3. The smallest absolute Gasteiger partial charge is 0.311 e. The summed E-state index contributed by atoms with van der Waals surface area (Å²) >= 11 is 0. The molecule has 0 amide bonds. The maximum atomic E-state index is 13.4. The topological polar surface area (TPSA) is 35.5 Å². The highest BCUT2D eigenvalue weighted by Gasteiger charge is 2.45. The van der Waals surface area contributed by atoms with Gasteiger partial charge in [0, 0.05) is 22.9 Å². The van der Waals surface area contributed by atoms with Crippen molar-refractivity contribution < 1.29 is 14.3 Å². The van der Waals surface area contributed by atoms with Gasteiger partial charge in [0.05, 0.1) is 13.5 Å². The van der Waals surface area contributed by atoms with Crippen molar-refractivity contribution in [2.24, 2.45) is 0 Å². The molecule has 5 aromatic rings. The minimum absolute atomic E-state index is 0.222. The minimum atomic E-state index is -0.905. The van der Waals surface area contributed by atoms with E-state index in [9.17, 15) is 4.79 Å². The average Bonchev–Trinajstić information content (AvgIpc) is 3.23. The molecule has 0 heterocycles. The Kier molecular flexibility index (Phi) is 6.27. The highest BCUT2D eigenvalue weighted by molar-refractivity contribution is 5.95. The van der Waals surface area contributed by atoms with Crippen LogP contribution in [0.25, 0.3) is 28.0 Å². The molecule has 5 aromatic carbocycles. The number of carbonyl (C=O) groups is 1. The van der Waals surface area contributed by atoms with E-state index in [2.05, 4.69) is 54.6 Å². The molecule has 0 spiro atoms. The largest absolute Gasteiger partial charge is 0.496 e. The van der Waals surface area contributed by atoms with Gasteiger partial charge < -0.3 is 9.47 Å². The Bertz CT molecular complexity index is 1600. The molecule has 0 saturated heterocycles. The van der Waals surface area contributed by atoms with Crippen molar-refractivity contribution in [3.63, 3.8) is 0 Å². The molecular formula is C35H28O3. The quantitative estimate of drug-likeness (QED) is 0.214. The fraction of sp³-hybridized carbons (Fsp3) is 0.114. The number of methoxy groups -OCH3 is 1. The molecule has 0 N–H and O–H groups in total. The van der Waals surface area contributed by atoms with Crippen LogP contribution in [0, 0.1) is 0 Å². The van der Waals surface area contributed by atoms with E-state index in [0.29, 0.717) is 6.42 Å². The van der Waals surface area contributed by atoms with Crippen molar-refractivity contribution in [2.45, 2.75) is 18.4 Å². The monoisotopic (exact) mass is 496 g/mol. The zero-order valence-electron chi connectivity index (χ0n) is 21.3. The maximum Gasteiger partial charge on any atom is 0.311 e. The molecule has 0 aromatic heterocycles. The van der Waals surface area contributed by atoms with Gasteiger partial charge >= 0.3 is 5.97 Å². The molecule has 1 aliphatic carbocycles. The summed E-state index contributed by atoms with van der Waals surface area (Å²) in [6.45, 7) is 0. The number of hydrogen-bond donors (Lipinski definition) is 0. The van der Waals surface area contributed by atoms with Crippen molar-refractivity contribution in [2.75, 3.05) is 7.11 Å². The zero-order chi connectivity index (χ0) is 26.0. The van der Waals surface area contributed by atoms with Crippen molar-refractivity contribution >= 4 is 22.8 Å². The normalized spacial score (nSPS) is 13.3. The summed E-state index contributed by atoms with van der Waals surface area (Å²) < 4.78 is 12.1. The summed E-state index contributed by atoms with van der Waals surface area (Å²) in [5, 5.41) is 2.18. The standard InChI is InChI=1S/C35H28O3/c1-37-33-22-21-26(27-15-5-6-18-30(27)33)14-11-23-35(38-34(36)24-25-12-3-2-4-13-25)31-19-9-7-16-28(31)29-17-8-10-20-32(29)35/h2-22H,23-24H2,1H3/b14-11+. The van der Waals surface area contributed by atoms with Crippen LogP contribution in [-0.4, -0.2) is 13.1 Å². The Balaban J connectivity index is 1.41. The third kappa shape index (κ3) is 4.16. The number of benzene rings is 5. The molecule has 0 bridgehead atoms. The molecule has 0 unspecified atom stereocenters. The molecule has 0 saturated carbocycles. The molecule has 0 fully saturated rings. The molecule has 6 rings (SSSR count). The fourth-order valence-electron chi connectivity index (χ4n) is 5.62. The third-order valence-corrected chi connectivity index (χ3v) is 7.33. The minimum Gasteiger partial charge on any atom is -0.496 e. The predicted molar refractivity (Wildman–Crippen MR) is 153 cm³/mol. The van der Waals surface area contributed by atoms with Gasteiger partial charge in [0.1, 0.15) is 5.75 Å². The molecule has 0 radical (unpaired) electrons. The maximum absolute atomic E-state index is 13.4. The molecule has 3 heteroatoms. The Morgan fingerprint density at radius 3 is 2.00 bits per heavy atom. The zero-order valence-corrected chi connectivity index (χ0v) is 21.3. The number of esters is 1. The number of rotatable bonds is 7. The van der Waals surface area contributed by atoms with Crippen molar-refractivity contribution in [3.05, 3.63) is 144 Å². The SMILES string of the molecule is COc1ccc(/C=C/CC2(OC(=O)Cc3ccccc3)c3ccccc3-c3ccccc32)c2ccccc12. The van der Waals surface area contributed by atoms with Gasteiger partial charge in [-0.3, -0.25) is 4.79 Å². The van der Waals surface area contributed by atoms with Crippen molar-refractivity contribution in [1.82, 2.24) is 0 Å². The summed E-state index contributed by atoms with van der Waals surface area (Å²) in [4.78, 5) is 13.4. The molecule has 0 atom stereocenters. The van der Waals surface area contributed by atoms with E-state index in [1.165, 1.54) is 0 Å². The second-order valence-electron chi connectivity index (χ2n) is 9.56. The van der Waals surface area contributed by atoms with Crippen LogP contribution < -0.4 is 4.74 Å². The highest BCUT2D eigenvalue weighted by Crippen LogP contribution is 2.52. The van der Waals surface area contributed by atoms with E-state index in [1.807, 2.05) is 72.8 Å². The first kappa shape index (κ1) is 23.7. The summed E-state index contributed by atoms with van der Waals surface area (Å²) in [6.07, 6.45) is 4.99. The highest BCUT2D eigenvalue weighted by atomic mass is 16.6. The first-order valence-electron chi connectivity index (χ1n) is 12.9. The van der Waals surface area contributed by atoms with E-state index in [4.69, 9.17) is 9.47 Å². The fourth-order valence-corrected chi connectivity index (χ4v) is 5.62. The predicted octanol–water partition coefficient (Wildman–Crippen LogP) is 7.96.